The summed E-state index contributed by atoms with van der Waals surface area (Å²) in [5.74, 6) is 1.71. The Bertz CT molecular complexity index is 836. The number of allylic oxidation sites excluding steroid dienone is 7. The second-order valence-corrected chi connectivity index (χ2v) is 20.1. The minimum Gasteiger partial charge on any atom is -0.489 e. The zero-order valence-corrected chi connectivity index (χ0v) is 24.5. The molecule has 1 atom stereocenters. The number of hydrogen-bond donors (Lipinski definition) is 0. The van der Waals surface area contributed by atoms with Gasteiger partial charge in [0, 0.05) is 0 Å². The number of para-hydroxylation sites is 1. The van der Waals surface area contributed by atoms with Gasteiger partial charge in [-0.05, 0) is 37.0 Å². The van der Waals surface area contributed by atoms with Gasteiger partial charge in [-0.15, -0.1) is 0 Å². The summed E-state index contributed by atoms with van der Waals surface area (Å²) in [6.07, 6.45) is 4.34. The summed E-state index contributed by atoms with van der Waals surface area (Å²) in [5.41, 5.74) is 7.57. The summed E-state index contributed by atoms with van der Waals surface area (Å²) in [4.78, 5) is 0. The molecule has 1 nitrogen and oxygen atoms in total. The Morgan fingerprint density at radius 2 is 1.65 bits per heavy atom. The van der Waals surface area contributed by atoms with Crippen LogP contribution in [0, 0.1) is 11.3 Å². The quantitative estimate of drug-likeness (QED) is 0.299. The van der Waals surface area contributed by atoms with Crippen LogP contribution in [0.2, 0.25) is 13.1 Å². The number of rotatable bonds is 6. The maximum atomic E-state index is 5.84. The maximum Gasteiger partial charge on any atom is 0.119 e. The molecule has 0 saturated carbocycles. The molecule has 1 aliphatic rings. The first-order valence-electron chi connectivity index (χ1n) is 11.5. The van der Waals surface area contributed by atoms with Crippen molar-refractivity contribution in [1.82, 2.24) is 0 Å². The first-order chi connectivity index (χ1) is 14.4. The van der Waals surface area contributed by atoms with Crippen molar-refractivity contribution < 1.29 is 23.1 Å². The molecular weight excluding hydrogens is 428 g/mol. The molecule has 0 N–H and O–H groups in total. The van der Waals surface area contributed by atoms with Crippen molar-refractivity contribution in [3.8, 4) is 5.75 Å². The van der Waals surface area contributed by atoms with Gasteiger partial charge in [0.15, 0.2) is 0 Å². The smallest absolute Gasteiger partial charge is 0.119 e. The van der Waals surface area contributed by atoms with Gasteiger partial charge in [0.05, 0.1) is 0 Å². The monoisotopic (exact) mass is 472 g/mol. The van der Waals surface area contributed by atoms with E-state index in [1.54, 1.807) is 16.7 Å². The van der Waals surface area contributed by atoms with Crippen LogP contribution in [-0.2, 0) is 18.4 Å². The van der Waals surface area contributed by atoms with E-state index in [4.69, 9.17) is 4.74 Å². The third-order valence-electron chi connectivity index (χ3n) is 6.04. The van der Waals surface area contributed by atoms with Crippen molar-refractivity contribution in [3.05, 3.63) is 74.2 Å². The zero-order chi connectivity index (χ0) is 23.8. The van der Waals surface area contributed by atoms with E-state index in [-0.39, 0.29) is 30.5 Å². The predicted octanol–water partition coefficient (Wildman–Crippen LogP) is 8.32. The van der Waals surface area contributed by atoms with Crippen molar-refractivity contribution in [2.45, 2.75) is 75.4 Å². The Hall–Kier alpha value is -1.09. The first-order valence-corrected chi connectivity index (χ1v) is 17.9. The van der Waals surface area contributed by atoms with Gasteiger partial charge in [-0.1, -0.05) is 56.7 Å². The van der Waals surface area contributed by atoms with Crippen LogP contribution < -0.4 is 4.74 Å². The molecule has 31 heavy (non-hydrogen) atoms. The van der Waals surface area contributed by atoms with Crippen LogP contribution in [-0.4, -0.2) is 13.3 Å². The van der Waals surface area contributed by atoms with Gasteiger partial charge in [-0.2, -0.15) is 0 Å². The molecule has 3 heteroatoms. The molecule has 0 bridgehead atoms. The molecule has 1 aliphatic carbocycles. The SMILES string of the molecule is CC1=C(C)C(C)[C]([Ti][SiH](C)C)=C1C.CC=C(C)C=C(COc1ccccc1)C(C)(C)C. The summed E-state index contributed by atoms with van der Waals surface area (Å²) < 4.78 is 7.70. The van der Waals surface area contributed by atoms with Crippen molar-refractivity contribution in [2.75, 3.05) is 6.61 Å². The van der Waals surface area contributed by atoms with E-state index in [0.717, 1.165) is 11.7 Å². The fourth-order valence-electron chi connectivity index (χ4n) is 3.42. The van der Waals surface area contributed by atoms with Crippen LogP contribution >= 0.6 is 0 Å². The van der Waals surface area contributed by atoms with Crippen LogP contribution in [0.4, 0.5) is 0 Å². The second-order valence-electron chi connectivity index (χ2n) is 9.92. The Kier molecular flexibility index (Phi) is 11.6. The molecule has 0 heterocycles. The standard InChI is InChI=1S/C17H24O.C9H13.C2H7Si.Ti/c1-6-14(2)12-15(17(3,4)5)13-18-16-10-8-7-9-11-16;1-6-5-7(2)9(4)8(6)3;1-3-2;/h6-12H,13H2,1-5H3;6H,1-4H3;3H,1-2H3;. The molecule has 0 aromatic heterocycles. The average molecular weight is 473 g/mol. The molecule has 170 valence electrons. The number of ether oxygens (including phenoxy) is 1. The molecule has 2 rings (SSSR count). The maximum absolute atomic E-state index is 5.84. The van der Waals surface area contributed by atoms with Gasteiger partial charge in [0.2, 0.25) is 0 Å². The van der Waals surface area contributed by atoms with Gasteiger partial charge in [-0.25, -0.2) is 0 Å². The summed E-state index contributed by atoms with van der Waals surface area (Å²) >= 11 is 0.267. The summed E-state index contributed by atoms with van der Waals surface area (Å²) in [6, 6.07) is 9.96. The van der Waals surface area contributed by atoms with Gasteiger partial charge in [0.25, 0.3) is 0 Å². The van der Waals surface area contributed by atoms with Crippen LogP contribution in [0.25, 0.3) is 0 Å². The van der Waals surface area contributed by atoms with E-state index in [0.29, 0.717) is 6.61 Å². The molecule has 0 radical (unpaired) electrons. The minimum atomic E-state index is -0.315. The van der Waals surface area contributed by atoms with E-state index in [1.165, 1.54) is 11.1 Å². The molecule has 1 unspecified atom stereocenters. The topological polar surface area (TPSA) is 9.23 Å². The van der Waals surface area contributed by atoms with Gasteiger partial charge >= 0.3 is 92.4 Å². The molecule has 0 fully saturated rings. The number of hydrogen-bond acceptors (Lipinski definition) is 1. The molecule has 1 aromatic rings. The largest absolute Gasteiger partial charge is 0.489 e. The molecule has 1 aromatic carbocycles. The fourth-order valence-corrected chi connectivity index (χ4v) is 10.2. The molecule has 0 amide bonds. The van der Waals surface area contributed by atoms with E-state index in [1.807, 2.05) is 34.2 Å². The van der Waals surface area contributed by atoms with Crippen molar-refractivity contribution in [3.63, 3.8) is 0 Å². The third-order valence-corrected chi connectivity index (χ3v) is 12.4. The minimum absolute atomic E-state index is 0.124. The van der Waals surface area contributed by atoms with E-state index in [2.05, 4.69) is 87.6 Å². The molecule has 0 spiro atoms. The van der Waals surface area contributed by atoms with E-state index < -0.39 is 0 Å². The van der Waals surface area contributed by atoms with Crippen LogP contribution in [0.5, 0.6) is 5.75 Å². The van der Waals surface area contributed by atoms with Gasteiger partial charge < -0.3 is 4.74 Å². The Morgan fingerprint density at radius 1 is 1.06 bits per heavy atom. The third kappa shape index (κ3) is 9.12. The number of benzene rings is 1. The summed E-state index contributed by atoms with van der Waals surface area (Å²) in [7, 11) is 0. The Balaban J connectivity index is 0.000000327. The summed E-state index contributed by atoms with van der Waals surface area (Å²) in [6.45, 7) is 25.5. The van der Waals surface area contributed by atoms with Crippen LogP contribution in [0.3, 0.4) is 0 Å². The second kappa shape index (κ2) is 12.8. The van der Waals surface area contributed by atoms with Crippen molar-refractivity contribution >= 4 is 6.66 Å². The van der Waals surface area contributed by atoms with Gasteiger partial charge in [-0.3, -0.25) is 0 Å². The Morgan fingerprint density at radius 3 is 2.06 bits per heavy atom. The van der Waals surface area contributed by atoms with Gasteiger partial charge in [0.1, 0.15) is 12.4 Å². The predicted molar refractivity (Wildman–Crippen MR) is 138 cm³/mol. The van der Waals surface area contributed by atoms with Crippen LogP contribution in [0.15, 0.2) is 74.2 Å². The normalized spacial score (nSPS) is 17.7. The van der Waals surface area contributed by atoms with Crippen LogP contribution in [0.1, 0.15) is 62.3 Å². The molecular formula is C28H44OSiTi. The first kappa shape index (κ1) is 27.9. The Labute approximate surface area is 202 Å². The van der Waals surface area contributed by atoms with E-state index in [9.17, 15) is 0 Å². The zero-order valence-electron chi connectivity index (χ0n) is 21.8. The average Bonchev–Trinajstić information content (AvgIpc) is 2.89. The van der Waals surface area contributed by atoms with E-state index >= 15 is 0 Å². The molecule has 0 aliphatic heterocycles. The fraction of sp³-hybridized carbons (Fsp3) is 0.500. The summed E-state index contributed by atoms with van der Waals surface area (Å²) in [5, 5.41) is 0. The van der Waals surface area contributed by atoms with Crippen molar-refractivity contribution in [1.29, 1.82) is 0 Å². The molecule has 0 saturated heterocycles. The van der Waals surface area contributed by atoms with Crippen molar-refractivity contribution in [2.24, 2.45) is 11.3 Å².